The number of carbonyl (C=O) groups is 1. The Morgan fingerprint density at radius 3 is 2.58 bits per heavy atom. The van der Waals surface area contributed by atoms with Gasteiger partial charge in [-0.3, -0.25) is 4.79 Å². The van der Waals surface area contributed by atoms with Gasteiger partial charge in [-0.15, -0.1) is 0 Å². The standard InChI is InChI=1S/C14H22N2O3/c1-3-14(2,18)10-16-8-11-4-6-12(7-5-11)19-9-13(15)17/h4-7,16,18H,3,8-10H2,1-2H3,(H2,15,17). The molecule has 0 aliphatic rings. The predicted molar refractivity (Wildman–Crippen MR) is 73.8 cm³/mol. The SMILES string of the molecule is CCC(C)(O)CNCc1ccc(OCC(N)=O)cc1. The Hall–Kier alpha value is -1.59. The van der Waals surface area contributed by atoms with Crippen LogP contribution in [0.2, 0.25) is 0 Å². The van der Waals surface area contributed by atoms with Crippen LogP contribution in [0.3, 0.4) is 0 Å². The third-order valence-corrected chi connectivity index (χ3v) is 2.90. The Morgan fingerprint density at radius 1 is 1.42 bits per heavy atom. The average molecular weight is 266 g/mol. The number of primary amides is 1. The summed E-state index contributed by atoms with van der Waals surface area (Å²) in [6, 6.07) is 7.39. The zero-order chi connectivity index (χ0) is 14.3. The molecule has 0 fully saturated rings. The number of nitrogens with two attached hydrogens (primary N) is 1. The molecule has 0 aliphatic heterocycles. The summed E-state index contributed by atoms with van der Waals surface area (Å²) in [5.74, 6) is 0.121. The molecule has 106 valence electrons. The van der Waals surface area contributed by atoms with E-state index in [0.29, 0.717) is 25.3 Å². The highest BCUT2D eigenvalue weighted by Gasteiger charge is 2.16. The zero-order valence-electron chi connectivity index (χ0n) is 11.5. The molecule has 1 aromatic carbocycles. The highest BCUT2D eigenvalue weighted by Crippen LogP contribution is 2.12. The number of carbonyl (C=O) groups excluding carboxylic acids is 1. The summed E-state index contributed by atoms with van der Waals surface area (Å²) in [4.78, 5) is 10.6. The van der Waals surface area contributed by atoms with Gasteiger partial charge >= 0.3 is 0 Å². The van der Waals surface area contributed by atoms with Crippen molar-refractivity contribution in [2.45, 2.75) is 32.4 Å². The van der Waals surface area contributed by atoms with Gasteiger partial charge in [-0.2, -0.15) is 0 Å². The van der Waals surface area contributed by atoms with Crippen molar-refractivity contribution in [2.24, 2.45) is 5.73 Å². The minimum atomic E-state index is -0.676. The number of hydrogen-bond donors (Lipinski definition) is 3. The largest absolute Gasteiger partial charge is 0.484 e. The minimum absolute atomic E-state index is 0.114. The van der Waals surface area contributed by atoms with Crippen LogP contribution >= 0.6 is 0 Å². The minimum Gasteiger partial charge on any atom is -0.484 e. The first kappa shape index (κ1) is 15.5. The first-order valence-electron chi connectivity index (χ1n) is 6.36. The lowest BCUT2D eigenvalue weighted by molar-refractivity contribution is -0.119. The summed E-state index contributed by atoms with van der Waals surface area (Å²) in [6.07, 6.45) is 0.708. The maximum absolute atomic E-state index is 10.6. The Bertz CT molecular complexity index is 402. The topological polar surface area (TPSA) is 84.6 Å². The summed E-state index contributed by atoms with van der Waals surface area (Å²) in [6.45, 7) is 4.86. The molecule has 0 bridgehead atoms. The van der Waals surface area contributed by atoms with E-state index in [9.17, 15) is 9.90 Å². The van der Waals surface area contributed by atoms with Crippen LogP contribution in [0.15, 0.2) is 24.3 Å². The molecule has 1 atom stereocenters. The van der Waals surface area contributed by atoms with Crippen molar-refractivity contribution in [2.75, 3.05) is 13.2 Å². The van der Waals surface area contributed by atoms with Gasteiger partial charge in [0.1, 0.15) is 5.75 Å². The molecule has 0 saturated heterocycles. The summed E-state index contributed by atoms with van der Waals surface area (Å²) < 4.78 is 5.16. The van der Waals surface area contributed by atoms with Crippen molar-refractivity contribution in [1.29, 1.82) is 0 Å². The molecule has 1 unspecified atom stereocenters. The van der Waals surface area contributed by atoms with Crippen LogP contribution in [0, 0.1) is 0 Å². The summed E-state index contributed by atoms with van der Waals surface area (Å²) in [5, 5.41) is 13.0. The van der Waals surface area contributed by atoms with Gasteiger partial charge in [0.15, 0.2) is 6.61 Å². The summed E-state index contributed by atoms with van der Waals surface area (Å²) in [7, 11) is 0. The molecule has 0 spiro atoms. The first-order chi connectivity index (χ1) is 8.93. The lowest BCUT2D eigenvalue weighted by Gasteiger charge is -2.21. The predicted octanol–water partition coefficient (Wildman–Crippen LogP) is 0.801. The Kier molecular flexibility index (Phi) is 5.79. The van der Waals surface area contributed by atoms with Gasteiger partial charge in [-0.1, -0.05) is 19.1 Å². The number of ether oxygens (including phenoxy) is 1. The zero-order valence-corrected chi connectivity index (χ0v) is 11.5. The van der Waals surface area contributed by atoms with E-state index in [2.05, 4.69) is 5.32 Å². The van der Waals surface area contributed by atoms with Crippen LogP contribution in [0.4, 0.5) is 0 Å². The molecule has 0 saturated carbocycles. The fraction of sp³-hybridized carbons (Fsp3) is 0.500. The van der Waals surface area contributed by atoms with Crippen molar-refractivity contribution in [1.82, 2.24) is 5.32 Å². The number of hydrogen-bond acceptors (Lipinski definition) is 4. The molecule has 5 heteroatoms. The lowest BCUT2D eigenvalue weighted by Crippen LogP contribution is -2.36. The maximum atomic E-state index is 10.6. The third-order valence-electron chi connectivity index (χ3n) is 2.90. The van der Waals surface area contributed by atoms with E-state index in [1.807, 2.05) is 19.1 Å². The second kappa shape index (κ2) is 7.11. The second-order valence-electron chi connectivity index (χ2n) is 4.85. The van der Waals surface area contributed by atoms with Crippen LogP contribution in [-0.4, -0.2) is 29.8 Å². The van der Waals surface area contributed by atoms with Crippen LogP contribution < -0.4 is 15.8 Å². The van der Waals surface area contributed by atoms with Gasteiger partial charge in [0.25, 0.3) is 5.91 Å². The third kappa shape index (κ3) is 6.22. The monoisotopic (exact) mass is 266 g/mol. The van der Waals surface area contributed by atoms with Gasteiger partial charge in [-0.05, 0) is 31.0 Å². The summed E-state index contributed by atoms with van der Waals surface area (Å²) >= 11 is 0. The van der Waals surface area contributed by atoms with E-state index in [-0.39, 0.29) is 6.61 Å². The molecule has 4 N–H and O–H groups in total. The first-order valence-corrected chi connectivity index (χ1v) is 6.36. The van der Waals surface area contributed by atoms with Gasteiger partial charge in [0.05, 0.1) is 5.60 Å². The molecule has 1 rings (SSSR count). The molecule has 0 aromatic heterocycles. The van der Waals surface area contributed by atoms with Crippen LogP contribution in [-0.2, 0) is 11.3 Å². The molecule has 1 aromatic rings. The van der Waals surface area contributed by atoms with Gasteiger partial charge in [0, 0.05) is 13.1 Å². The fourth-order valence-electron chi connectivity index (χ4n) is 1.46. The highest BCUT2D eigenvalue weighted by atomic mass is 16.5. The smallest absolute Gasteiger partial charge is 0.255 e. The molecule has 0 aliphatic carbocycles. The van der Waals surface area contributed by atoms with Crippen molar-refractivity contribution in [3.8, 4) is 5.75 Å². The van der Waals surface area contributed by atoms with Crippen LogP contribution in [0.1, 0.15) is 25.8 Å². The van der Waals surface area contributed by atoms with E-state index >= 15 is 0 Å². The number of nitrogens with one attached hydrogen (secondary N) is 1. The van der Waals surface area contributed by atoms with E-state index in [4.69, 9.17) is 10.5 Å². The molecule has 1 amide bonds. The van der Waals surface area contributed by atoms with Crippen molar-refractivity contribution in [3.63, 3.8) is 0 Å². The van der Waals surface area contributed by atoms with E-state index in [1.165, 1.54) is 0 Å². The summed E-state index contributed by atoms with van der Waals surface area (Å²) in [5.41, 5.74) is 5.40. The Labute approximate surface area is 113 Å². The molecule has 0 heterocycles. The van der Waals surface area contributed by atoms with E-state index in [1.54, 1.807) is 19.1 Å². The molecular weight excluding hydrogens is 244 g/mol. The van der Waals surface area contributed by atoms with Crippen molar-refractivity contribution >= 4 is 5.91 Å². The van der Waals surface area contributed by atoms with Gasteiger partial charge in [0.2, 0.25) is 0 Å². The molecule has 19 heavy (non-hydrogen) atoms. The van der Waals surface area contributed by atoms with Gasteiger partial charge in [-0.25, -0.2) is 0 Å². The lowest BCUT2D eigenvalue weighted by atomic mass is 10.0. The molecular formula is C14H22N2O3. The van der Waals surface area contributed by atoms with Crippen LogP contribution in [0.5, 0.6) is 5.75 Å². The number of rotatable bonds is 8. The quantitative estimate of drug-likeness (QED) is 0.650. The van der Waals surface area contributed by atoms with E-state index < -0.39 is 11.5 Å². The normalized spacial score (nSPS) is 13.8. The van der Waals surface area contributed by atoms with Crippen LogP contribution in [0.25, 0.3) is 0 Å². The highest BCUT2D eigenvalue weighted by molar-refractivity contribution is 5.75. The Morgan fingerprint density at radius 2 is 2.05 bits per heavy atom. The fourth-order valence-corrected chi connectivity index (χ4v) is 1.46. The van der Waals surface area contributed by atoms with E-state index in [0.717, 1.165) is 5.56 Å². The van der Waals surface area contributed by atoms with Gasteiger partial charge < -0.3 is 20.9 Å². The van der Waals surface area contributed by atoms with Crippen molar-refractivity contribution < 1.29 is 14.6 Å². The molecule has 0 radical (unpaired) electrons. The number of amides is 1. The Balaban J connectivity index is 2.38. The maximum Gasteiger partial charge on any atom is 0.255 e. The van der Waals surface area contributed by atoms with Crippen molar-refractivity contribution in [3.05, 3.63) is 29.8 Å². The average Bonchev–Trinajstić information content (AvgIpc) is 2.37. The molecule has 5 nitrogen and oxygen atoms in total. The second-order valence-corrected chi connectivity index (χ2v) is 4.85. The number of aliphatic hydroxyl groups is 1. The number of benzene rings is 1.